The fourth-order valence-electron chi connectivity index (χ4n) is 2.81. The summed E-state index contributed by atoms with van der Waals surface area (Å²) in [6.45, 7) is 6.54. The van der Waals surface area contributed by atoms with E-state index in [0.29, 0.717) is 30.3 Å². The first-order valence-corrected chi connectivity index (χ1v) is 10.8. The second-order valence-corrected chi connectivity index (χ2v) is 8.37. The first kappa shape index (κ1) is 22.0. The third kappa shape index (κ3) is 5.39. The van der Waals surface area contributed by atoms with E-state index in [0.717, 1.165) is 11.1 Å². The molecule has 0 fully saturated rings. The van der Waals surface area contributed by atoms with E-state index in [4.69, 9.17) is 14.2 Å². The van der Waals surface area contributed by atoms with Crippen molar-refractivity contribution in [1.29, 1.82) is 0 Å². The van der Waals surface area contributed by atoms with Crippen LogP contribution in [0.3, 0.4) is 0 Å². The van der Waals surface area contributed by atoms with Gasteiger partial charge >= 0.3 is 0 Å². The number of sulfonamides is 1. The van der Waals surface area contributed by atoms with Crippen LogP contribution in [0.1, 0.15) is 37.8 Å². The minimum absolute atomic E-state index is 0.174. The average molecular weight is 408 g/mol. The Bertz CT molecular complexity index is 894. The summed E-state index contributed by atoms with van der Waals surface area (Å²) in [7, 11) is -0.552. The molecule has 2 rings (SSSR count). The van der Waals surface area contributed by atoms with Gasteiger partial charge in [-0.2, -0.15) is 0 Å². The number of nitrogens with one attached hydrogen (secondary N) is 1. The molecule has 7 heteroatoms. The van der Waals surface area contributed by atoms with E-state index in [9.17, 15) is 8.42 Å². The van der Waals surface area contributed by atoms with E-state index in [1.165, 1.54) is 0 Å². The Hall–Kier alpha value is -2.25. The molecule has 0 aliphatic heterocycles. The first-order valence-electron chi connectivity index (χ1n) is 9.29. The second kappa shape index (κ2) is 9.80. The summed E-state index contributed by atoms with van der Waals surface area (Å²) in [5.74, 6) is 1.84. The Morgan fingerprint density at radius 2 is 1.64 bits per heavy atom. The van der Waals surface area contributed by atoms with Gasteiger partial charge in [0.1, 0.15) is 10.6 Å². The lowest BCUT2D eigenvalue weighted by atomic mass is 10.0. The van der Waals surface area contributed by atoms with Crippen molar-refractivity contribution < 1.29 is 22.6 Å². The predicted molar refractivity (Wildman–Crippen MR) is 110 cm³/mol. The van der Waals surface area contributed by atoms with Crippen molar-refractivity contribution in [3.8, 4) is 17.2 Å². The molecular weight excluding hydrogens is 378 g/mol. The van der Waals surface area contributed by atoms with Crippen LogP contribution in [0.2, 0.25) is 0 Å². The van der Waals surface area contributed by atoms with Crippen LogP contribution in [0, 0.1) is 0 Å². The molecule has 0 amide bonds. The third-order valence-corrected chi connectivity index (χ3v) is 5.86. The van der Waals surface area contributed by atoms with Gasteiger partial charge in [-0.15, -0.1) is 0 Å². The SMILES string of the molecule is CCOc1ccc(C(C)C)cc1S(=O)(=O)NCCc1ccc(OC)c(OC)c1. The molecule has 0 bridgehead atoms. The molecule has 0 saturated heterocycles. The van der Waals surface area contributed by atoms with E-state index < -0.39 is 10.0 Å². The molecule has 0 aliphatic rings. The summed E-state index contributed by atoms with van der Waals surface area (Å²) < 4.78 is 44.5. The van der Waals surface area contributed by atoms with Crippen molar-refractivity contribution in [2.75, 3.05) is 27.4 Å². The van der Waals surface area contributed by atoms with Crippen LogP contribution >= 0.6 is 0 Å². The summed E-state index contributed by atoms with van der Waals surface area (Å²) in [5.41, 5.74) is 1.89. The summed E-state index contributed by atoms with van der Waals surface area (Å²) in [6.07, 6.45) is 0.521. The second-order valence-electron chi connectivity index (χ2n) is 6.63. The zero-order valence-corrected chi connectivity index (χ0v) is 17.9. The Kier molecular flexibility index (Phi) is 7.71. The molecule has 2 aromatic carbocycles. The third-order valence-electron chi connectivity index (χ3n) is 4.38. The van der Waals surface area contributed by atoms with Crippen LogP contribution < -0.4 is 18.9 Å². The van der Waals surface area contributed by atoms with E-state index in [2.05, 4.69) is 4.72 Å². The Morgan fingerprint density at radius 1 is 0.964 bits per heavy atom. The normalized spacial score (nSPS) is 11.5. The van der Waals surface area contributed by atoms with Gasteiger partial charge in [0.05, 0.1) is 20.8 Å². The molecule has 0 aromatic heterocycles. The summed E-state index contributed by atoms with van der Waals surface area (Å²) in [4.78, 5) is 0.174. The monoisotopic (exact) mass is 407 g/mol. The highest BCUT2D eigenvalue weighted by Crippen LogP contribution is 2.29. The van der Waals surface area contributed by atoms with E-state index >= 15 is 0 Å². The minimum Gasteiger partial charge on any atom is -0.493 e. The van der Waals surface area contributed by atoms with Crippen LogP contribution in [-0.4, -0.2) is 35.8 Å². The van der Waals surface area contributed by atoms with Gasteiger partial charge in [0.15, 0.2) is 11.5 Å². The molecule has 0 spiro atoms. The van der Waals surface area contributed by atoms with Crippen molar-refractivity contribution in [2.24, 2.45) is 0 Å². The molecular formula is C21H29NO5S. The van der Waals surface area contributed by atoms with Gasteiger partial charge in [0, 0.05) is 6.54 Å². The van der Waals surface area contributed by atoms with Crippen LogP contribution in [0.4, 0.5) is 0 Å². The largest absolute Gasteiger partial charge is 0.493 e. The molecule has 154 valence electrons. The molecule has 0 saturated carbocycles. The fraction of sp³-hybridized carbons (Fsp3) is 0.429. The lowest BCUT2D eigenvalue weighted by molar-refractivity contribution is 0.330. The maximum Gasteiger partial charge on any atom is 0.244 e. The van der Waals surface area contributed by atoms with Crippen molar-refractivity contribution in [1.82, 2.24) is 4.72 Å². The van der Waals surface area contributed by atoms with Crippen molar-refractivity contribution >= 4 is 10.0 Å². The van der Waals surface area contributed by atoms with Crippen molar-refractivity contribution in [2.45, 2.75) is 38.0 Å². The summed E-state index contributed by atoms with van der Waals surface area (Å²) in [5, 5.41) is 0. The molecule has 0 heterocycles. The van der Waals surface area contributed by atoms with Gasteiger partial charge in [-0.1, -0.05) is 26.0 Å². The molecule has 2 aromatic rings. The maximum absolute atomic E-state index is 12.9. The van der Waals surface area contributed by atoms with Crippen molar-refractivity contribution in [3.63, 3.8) is 0 Å². The topological polar surface area (TPSA) is 73.9 Å². The standard InChI is InChI=1S/C21H29NO5S/c1-6-27-19-10-8-17(15(2)3)14-21(19)28(23,24)22-12-11-16-7-9-18(25-4)20(13-16)26-5/h7-10,13-15,22H,6,11-12H2,1-5H3. The van der Waals surface area contributed by atoms with E-state index in [1.807, 2.05) is 45.0 Å². The minimum atomic E-state index is -3.70. The number of ether oxygens (including phenoxy) is 3. The van der Waals surface area contributed by atoms with Crippen LogP contribution in [0.25, 0.3) is 0 Å². The Balaban J connectivity index is 2.16. The van der Waals surface area contributed by atoms with Gasteiger partial charge in [0.25, 0.3) is 0 Å². The fourth-order valence-corrected chi connectivity index (χ4v) is 4.02. The number of hydrogen-bond donors (Lipinski definition) is 1. The number of benzene rings is 2. The summed E-state index contributed by atoms with van der Waals surface area (Å²) in [6, 6.07) is 10.9. The number of rotatable bonds is 10. The van der Waals surface area contributed by atoms with Gasteiger partial charge < -0.3 is 14.2 Å². The van der Waals surface area contributed by atoms with Crippen LogP contribution in [0.15, 0.2) is 41.3 Å². The molecule has 0 atom stereocenters. The molecule has 0 radical (unpaired) electrons. The maximum atomic E-state index is 12.9. The zero-order valence-electron chi connectivity index (χ0n) is 17.1. The average Bonchev–Trinajstić information content (AvgIpc) is 2.68. The number of hydrogen-bond acceptors (Lipinski definition) is 5. The quantitative estimate of drug-likeness (QED) is 0.649. The smallest absolute Gasteiger partial charge is 0.244 e. The highest BCUT2D eigenvalue weighted by Gasteiger charge is 2.21. The van der Waals surface area contributed by atoms with E-state index in [1.54, 1.807) is 26.4 Å². The molecule has 1 N–H and O–H groups in total. The summed E-state index contributed by atoms with van der Waals surface area (Å²) >= 11 is 0. The predicted octanol–water partition coefficient (Wildman–Crippen LogP) is 3.75. The molecule has 0 aliphatic carbocycles. The lowest BCUT2D eigenvalue weighted by Crippen LogP contribution is -2.26. The highest BCUT2D eigenvalue weighted by molar-refractivity contribution is 7.89. The van der Waals surface area contributed by atoms with Crippen LogP contribution in [0.5, 0.6) is 17.2 Å². The van der Waals surface area contributed by atoms with E-state index in [-0.39, 0.29) is 17.4 Å². The Morgan fingerprint density at radius 3 is 2.25 bits per heavy atom. The molecule has 6 nitrogen and oxygen atoms in total. The lowest BCUT2D eigenvalue weighted by Gasteiger charge is -2.15. The van der Waals surface area contributed by atoms with Crippen molar-refractivity contribution in [3.05, 3.63) is 47.5 Å². The molecule has 0 unspecified atom stereocenters. The molecule has 28 heavy (non-hydrogen) atoms. The number of methoxy groups -OCH3 is 2. The van der Waals surface area contributed by atoms with Gasteiger partial charge in [-0.25, -0.2) is 13.1 Å². The van der Waals surface area contributed by atoms with Gasteiger partial charge in [0.2, 0.25) is 10.0 Å². The van der Waals surface area contributed by atoms with Gasteiger partial charge in [-0.3, -0.25) is 0 Å². The Labute approximate surface area is 167 Å². The zero-order chi connectivity index (χ0) is 20.7. The first-order chi connectivity index (χ1) is 13.3. The van der Waals surface area contributed by atoms with Crippen LogP contribution in [-0.2, 0) is 16.4 Å². The van der Waals surface area contributed by atoms with Gasteiger partial charge in [-0.05, 0) is 54.7 Å². The highest BCUT2D eigenvalue weighted by atomic mass is 32.2.